The number of thiocarbonyl (C=S) groups is 1. The molecule has 7 N–H and O–H groups in total. The molecule has 0 unspecified atom stereocenters. The number of nitrogens with one attached hydrogen (secondary N) is 1. The van der Waals surface area contributed by atoms with E-state index in [1.54, 1.807) is 0 Å². The summed E-state index contributed by atoms with van der Waals surface area (Å²) in [5, 5.41) is 2.80. The monoisotopic (exact) mass is 175 g/mol. The Kier molecular flexibility index (Phi) is 40.0. The topological polar surface area (TPSA) is 107 Å². The van der Waals surface area contributed by atoms with Gasteiger partial charge in [-0.25, -0.2) is 0 Å². The first-order valence-corrected chi connectivity index (χ1v) is 2.59. The molecule has 0 heterocycles. The van der Waals surface area contributed by atoms with Crippen molar-refractivity contribution in [2.45, 2.75) is 6.92 Å². The first-order valence-electron chi connectivity index (χ1n) is 1.74. The largest absolute Gasteiger partial charge is 0.412 e. The second-order valence-electron chi connectivity index (χ2n) is 0.835. The Morgan fingerprint density at radius 1 is 1.44 bits per heavy atom. The van der Waals surface area contributed by atoms with Crippen molar-refractivity contribution in [2.24, 2.45) is 0 Å². The molecule has 0 spiro atoms. The normalized spacial score (nSPS) is 5.11. The quantitative estimate of drug-likeness (QED) is 0.367. The summed E-state index contributed by atoms with van der Waals surface area (Å²) in [6.07, 6.45) is 0. The molecular weight excluding hydrogens is 162 g/mol. The van der Waals surface area contributed by atoms with Crippen LogP contribution in [-0.4, -0.2) is 27.3 Å². The maximum absolute atomic E-state index is 4.55. The third-order valence-corrected chi connectivity index (χ3v) is 0.630. The Bertz CT molecular complexity index is 61.0. The van der Waals surface area contributed by atoms with Crippen molar-refractivity contribution < 1.29 is 16.4 Å². The molecule has 0 saturated carbocycles. The van der Waals surface area contributed by atoms with E-state index in [0.717, 1.165) is 6.54 Å². The van der Waals surface area contributed by atoms with Crippen LogP contribution in [0.1, 0.15) is 6.92 Å². The molecular formula is C3H13NO3S2. The molecule has 0 aliphatic carbocycles. The molecule has 0 fully saturated rings. The first kappa shape index (κ1) is 22.9. The van der Waals surface area contributed by atoms with Crippen molar-refractivity contribution in [2.75, 3.05) is 6.54 Å². The standard InChI is InChI=1S/C3H7NS2.3H2O/c1-2-4-3(5)6;;;/h2H2,1H3,(H2,4,5,6);3*1H2. The van der Waals surface area contributed by atoms with Gasteiger partial charge in [0.25, 0.3) is 0 Å². The minimum Gasteiger partial charge on any atom is -0.412 e. The molecule has 6 heteroatoms. The zero-order valence-corrected chi connectivity index (χ0v) is 6.77. The van der Waals surface area contributed by atoms with Crippen LogP contribution in [0.15, 0.2) is 0 Å². The van der Waals surface area contributed by atoms with E-state index in [9.17, 15) is 0 Å². The van der Waals surface area contributed by atoms with E-state index in [0.29, 0.717) is 4.32 Å². The maximum atomic E-state index is 4.55. The highest BCUT2D eigenvalue weighted by Crippen LogP contribution is 1.72. The van der Waals surface area contributed by atoms with Crippen molar-refractivity contribution in [3.8, 4) is 0 Å². The van der Waals surface area contributed by atoms with Gasteiger partial charge < -0.3 is 21.7 Å². The lowest BCUT2D eigenvalue weighted by Gasteiger charge is -1.91. The number of hydrogen-bond acceptors (Lipinski definition) is 1. The lowest BCUT2D eigenvalue weighted by Crippen LogP contribution is -2.14. The molecule has 4 nitrogen and oxygen atoms in total. The average molecular weight is 175 g/mol. The van der Waals surface area contributed by atoms with Crippen LogP contribution >= 0.6 is 24.8 Å². The molecule has 0 aromatic rings. The van der Waals surface area contributed by atoms with Gasteiger partial charge in [0.15, 0.2) is 0 Å². The van der Waals surface area contributed by atoms with Crippen molar-refractivity contribution in [3.05, 3.63) is 0 Å². The summed E-state index contributed by atoms with van der Waals surface area (Å²) in [7, 11) is 0. The smallest absolute Gasteiger partial charge is 0.130 e. The van der Waals surface area contributed by atoms with Gasteiger partial charge in [-0.15, -0.1) is 12.6 Å². The van der Waals surface area contributed by atoms with Gasteiger partial charge in [-0.1, -0.05) is 12.2 Å². The zero-order valence-electron chi connectivity index (χ0n) is 5.06. The van der Waals surface area contributed by atoms with Crippen molar-refractivity contribution in [1.29, 1.82) is 0 Å². The Morgan fingerprint density at radius 2 is 1.78 bits per heavy atom. The summed E-state index contributed by atoms with van der Waals surface area (Å²) < 4.78 is 0.567. The minimum absolute atomic E-state index is 0. The maximum Gasteiger partial charge on any atom is 0.130 e. The van der Waals surface area contributed by atoms with Crippen LogP contribution in [0, 0.1) is 0 Å². The average Bonchev–Trinajstić information content (AvgIpc) is 1.35. The molecule has 0 aliphatic rings. The van der Waals surface area contributed by atoms with E-state index < -0.39 is 0 Å². The summed E-state index contributed by atoms with van der Waals surface area (Å²) in [4.78, 5) is 0. The first-order chi connectivity index (χ1) is 2.77. The molecule has 0 atom stereocenters. The van der Waals surface area contributed by atoms with E-state index in [4.69, 9.17) is 0 Å². The van der Waals surface area contributed by atoms with Gasteiger partial charge in [-0.05, 0) is 6.92 Å². The molecule has 0 aliphatic heterocycles. The van der Waals surface area contributed by atoms with Crippen LogP contribution < -0.4 is 5.32 Å². The van der Waals surface area contributed by atoms with E-state index in [1.807, 2.05) is 6.92 Å². The SMILES string of the molecule is CCNC(=S)S.O.O.O. The summed E-state index contributed by atoms with van der Waals surface area (Å²) >= 11 is 8.35. The fraction of sp³-hybridized carbons (Fsp3) is 0.667. The summed E-state index contributed by atoms with van der Waals surface area (Å²) in [6, 6.07) is 0. The van der Waals surface area contributed by atoms with E-state index >= 15 is 0 Å². The molecule has 0 rings (SSSR count). The number of rotatable bonds is 1. The lowest BCUT2D eigenvalue weighted by atomic mass is 10.8. The molecule has 0 aromatic carbocycles. The van der Waals surface area contributed by atoms with Gasteiger partial charge in [0, 0.05) is 6.54 Å². The summed E-state index contributed by atoms with van der Waals surface area (Å²) in [6.45, 7) is 2.84. The van der Waals surface area contributed by atoms with Gasteiger partial charge in [-0.3, -0.25) is 0 Å². The second-order valence-corrected chi connectivity index (χ2v) is 1.99. The van der Waals surface area contributed by atoms with Crippen LogP contribution in [-0.2, 0) is 0 Å². The van der Waals surface area contributed by atoms with Crippen molar-refractivity contribution in [3.63, 3.8) is 0 Å². The predicted octanol–water partition coefficient (Wildman–Crippen LogP) is -1.66. The van der Waals surface area contributed by atoms with E-state index in [-0.39, 0.29) is 16.4 Å². The van der Waals surface area contributed by atoms with Crippen LogP contribution in [0.3, 0.4) is 0 Å². The van der Waals surface area contributed by atoms with Gasteiger partial charge >= 0.3 is 0 Å². The molecule has 0 saturated heterocycles. The van der Waals surface area contributed by atoms with Gasteiger partial charge in [-0.2, -0.15) is 0 Å². The molecule has 0 amide bonds. The Morgan fingerprint density at radius 3 is 1.78 bits per heavy atom. The van der Waals surface area contributed by atoms with E-state index in [1.165, 1.54) is 0 Å². The highest BCUT2D eigenvalue weighted by atomic mass is 32.1. The Hall–Kier alpha value is 0.120. The molecule has 0 bridgehead atoms. The van der Waals surface area contributed by atoms with Gasteiger partial charge in [0.05, 0.1) is 0 Å². The molecule has 9 heavy (non-hydrogen) atoms. The van der Waals surface area contributed by atoms with Crippen molar-refractivity contribution >= 4 is 29.2 Å². The molecule has 0 radical (unpaired) electrons. The molecule has 0 aromatic heterocycles. The number of hydrogen-bond donors (Lipinski definition) is 2. The highest BCUT2D eigenvalue weighted by molar-refractivity contribution is 8.11. The summed E-state index contributed by atoms with van der Waals surface area (Å²) in [5.74, 6) is 0. The fourth-order valence-electron chi connectivity index (χ4n) is 0.151. The lowest BCUT2D eigenvalue weighted by molar-refractivity contribution is 0.823. The number of thiol groups is 1. The van der Waals surface area contributed by atoms with Crippen LogP contribution in [0.2, 0.25) is 0 Å². The minimum atomic E-state index is 0. The van der Waals surface area contributed by atoms with Gasteiger partial charge in [0.1, 0.15) is 4.32 Å². The Labute approximate surface area is 65.0 Å². The molecule has 60 valence electrons. The Balaban J connectivity index is -0.0000000417. The fourth-order valence-corrected chi connectivity index (χ4v) is 0.454. The van der Waals surface area contributed by atoms with Crippen LogP contribution in [0.4, 0.5) is 0 Å². The van der Waals surface area contributed by atoms with Crippen molar-refractivity contribution in [1.82, 2.24) is 5.32 Å². The zero-order chi connectivity index (χ0) is 4.99. The summed E-state index contributed by atoms with van der Waals surface area (Å²) in [5.41, 5.74) is 0. The van der Waals surface area contributed by atoms with Crippen LogP contribution in [0.25, 0.3) is 0 Å². The second kappa shape index (κ2) is 15.7. The predicted molar refractivity (Wildman–Crippen MR) is 46.1 cm³/mol. The third-order valence-electron chi connectivity index (χ3n) is 0.328. The third kappa shape index (κ3) is 31.2. The van der Waals surface area contributed by atoms with Gasteiger partial charge in [0.2, 0.25) is 0 Å². The van der Waals surface area contributed by atoms with Crippen LogP contribution in [0.5, 0.6) is 0 Å². The highest BCUT2D eigenvalue weighted by Gasteiger charge is 1.74. The van der Waals surface area contributed by atoms with E-state index in [2.05, 4.69) is 30.2 Å².